The lowest BCUT2D eigenvalue weighted by Crippen LogP contribution is -2.31. The average molecular weight is 403 g/mol. The Kier molecular flexibility index (Phi) is 6.42. The standard InChI is InChI=1S/C21H26N4O2.ClH/c22-20-17(12-24-21(27)13-7-8-13)16(14-4-3-9-23-11-14)10-18(25-20)15-5-1-2-6-19(15)26;/h1-2,5-6,10,13-14,23,26H,3-4,7-9,11-12H2,(H2,22,25)(H,24,27);1H. The molecule has 7 heteroatoms. The summed E-state index contributed by atoms with van der Waals surface area (Å²) in [5, 5.41) is 16.7. The van der Waals surface area contributed by atoms with Gasteiger partial charge in [-0.1, -0.05) is 12.1 Å². The molecule has 1 saturated carbocycles. The van der Waals surface area contributed by atoms with E-state index in [4.69, 9.17) is 5.73 Å². The first kappa shape index (κ1) is 20.4. The molecule has 1 aromatic carbocycles. The number of nitrogen functional groups attached to an aromatic ring is 1. The molecule has 1 amide bonds. The highest BCUT2D eigenvalue weighted by atomic mass is 35.5. The molecule has 28 heavy (non-hydrogen) atoms. The van der Waals surface area contributed by atoms with Crippen molar-refractivity contribution < 1.29 is 9.90 Å². The fourth-order valence-corrected chi connectivity index (χ4v) is 3.78. The lowest BCUT2D eigenvalue weighted by molar-refractivity contribution is -0.122. The number of nitrogens with zero attached hydrogens (tertiary/aromatic N) is 1. The van der Waals surface area contributed by atoms with E-state index in [1.807, 2.05) is 18.2 Å². The third-order valence-electron chi connectivity index (χ3n) is 5.50. The number of nitrogens with two attached hydrogens (primary N) is 1. The zero-order valence-corrected chi connectivity index (χ0v) is 16.6. The maximum atomic E-state index is 12.1. The smallest absolute Gasteiger partial charge is 0.223 e. The molecular weight excluding hydrogens is 376 g/mol. The number of hydrogen-bond donors (Lipinski definition) is 4. The van der Waals surface area contributed by atoms with E-state index in [-0.39, 0.29) is 30.0 Å². The Balaban J connectivity index is 0.00000225. The number of anilines is 1. The zero-order valence-electron chi connectivity index (χ0n) is 15.8. The van der Waals surface area contributed by atoms with Crippen LogP contribution in [0.3, 0.4) is 0 Å². The van der Waals surface area contributed by atoms with Gasteiger partial charge >= 0.3 is 0 Å². The maximum Gasteiger partial charge on any atom is 0.223 e. The fraction of sp³-hybridized carbons (Fsp3) is 0.429. The Hall–Kier alpha value is -2.31. The van der Waals surface area contributed by atoms with E-state index in [1.165, 1.54) is 0 Å². The number of benzene rings is 1. The van der Waals surface area contributed by atoms with Crippen LogP contribution in [0.15, 0.2) is 30.3 Å². The predicted molar refractivity (Wildman–Crippen MR) is 112 cm³/mol. The van der Waals surface area contributed by atoms with E-state index >= 15 is 0 Å². The third kappa shape index (κ3) is 4.39. The SMILES string of the molecule is Cl.Nc1nc(-c2ccccc2O)cc(C2CCCNC2)c1CNC(=O)C1CC1. The summed E-state index contributed by atoms with van der Waals surface area (Å²) < 4.78 is 0. The van der Waals surface area contributed by atoms with Crippen molar-refractivity contribution in [2.75, 3.05) is 18.8 Å². The molecule has 4 rings (SSSR count). The Morgan fingerprint density at radius 1 is 1.29 bits per heavy atom. The van der Waals surface area contributed by atoms with Gasteiger partial charge in [0.1, 0.15) is 11.6 Å². The highest BCUT2D eigenvalue weighted by Crippen LogP contribution is 2.35. The van der Waals surface area contributed by atoms with Gasteiger partial charge in [-0.3, -0.25) is 4.79 Å². The molecule has 150 valence electrons. The molecule has 1 atom stereocenters. The van der Waals surface area contributed by atoms with Crippen molar-refractivity contribution >= 4 is 24.1 Å². The molecular formula is C21H27ClN4O2. The zero-order chi connectivity index (χ0) is 18.8. The number of rotatable bonds is 5. The molecule has 0 spiro atoms. The minimum Gasteiger partial charge on any atom is -0.507 e. The molecule has 1 aliphatic carbocycles. The Morgan fingerprint density at radius 2 is 2.07 bits per heavy atom. The molecule has 1 aromatic heterocycles. The molecule has 1 saturated heterocycles. The first-order valence-corrected chi connectivity index (χ1v) is 9.69. The van der Waals surface area contributed by atoms with E-state index in [1.54, 1.807) is 12.1 Å². The first-order chi connectivity index (χ1) is 13.1. The molecule has 1 aliphatic heterocycles. The lowest BCUT2D eigenvalue weighted by Gasteiger charge is -2.26. The van der Waals surface area contributed by atoms with Gasteiger partial charge in [-0.25, -0.2) is 4.98 Å². The summed E-state index contributed by atoms with van der Waals surface area (Å²) in [6, 6.07) is 9.18. The van der Waals surface area contributed by atoms with Crippen molar-refractivity contribution in [3.63, 3.8) is 0 Å². The number of piperidine rings is 1. The van der Waals surface area contributed by atoms with E-state index in [0.29, 0.717) is 29.5 Å². The topological polar surface area (TPSA) is 100 Å². The highest BCUT2D eigenvalue weighted by Gasteiger charge is 2.30. The van der Waals surface area contributed by atoms with Crippen LogP contribution >= 0.6 is 12.4 Å². The number of halogens is 1. The van der Waals surface area contributed by atoms with Gasteiger partial charge in [-0.05, 0) is 61.9 Å². The van der Waals surface area contributed by atoms with Crippen LogP contribution in [0.2, 0.25) is 0 Å². The van der Waals surface area contributed by atoms with E-state index < -0.39 is 0 Å². The number of pyridine rings is 1. The second kappa shape index (κ2) is 8.80. The van der Waals surface area contributed by atoms with Crippen LogP contribution in [-0.4, -0.2) is 29.1 Å². The Labute approximate surface area is 171 Å². The highest BCUT2D eigenvalue weighted by molar-refractivity contribution is 5.85. The van der Waals surface area contributed by atoms with Gasteiger partial charge in [-0.2, -0.15) is 0 Å². The van der Waals surface area contributed by atoms with E-state index in [2.05, 4.69) is 15.6 Å². The van der Waals surface area contributed by atoms with Crippen LogP contribution in [0.25, 0.3) is 11.3 Å². The van der Waals surface area contributed by atoms with Crippen LogP contribution in [0.5, 0.6) is 5.75 Å². The molecule has 2 aliphatic rings. The van der Waals surface area contributed by atoms with Crippen molar-refractivity contribution in [3.05, 3.63) is 41.5 Å². The van der Waals surface area contributed by atoms with Gasteiger partial charge < -0.3 is 21.5 Å². The van der Waals surface area contributed by atoms with Gasteiger partial charge in [0.15, 0.2) is 0 Å². The first-order valence-electron chi connectivity index (χ1n) is 9.69. The van der Waals surface area contributed by atoms with Gasteiger partial charge in [0.2, 0.25) is 5.91 Å². The average Bonchev–Trinajstić information content (AvgIpc) is 3.53. The molecule has 0 radical (unpaired) electrons. The summed E-state index contributed by atoms with van der Waals surface area (Å²) in [5.41, 5.74) is 9.68. The molecule has 2 aromatic rings. The number of para-hydroxylation sites is 1. The molecule has 5 N–H and O–H groups in total. The van der Waals surface area contributed by atoms with Gasteiger partial charge in [0.25, 0.3) is 0 Å². The van der Waals surface area contributed by atoms with E-state index in [9.17, 15) is 9.90 Å². The molecule has 2 fully saturated rings. The van der Waals surface area contributed by atoms with Crippen molar-refractivity contribution in [1.82, 2.24) is 15.6 Å². The third-order valence-corrected chi connectivity index (χ3v) is 5.50. The largest absolute Gasteiger partial charge is 0.507 e. The number of phenolic OH excluding ortho intramolecular Hbond substituents is 1. The number of carbonyl (C=O) groups excluding carboxylic acids is 1. The second-order valence-corrected chi connectivity index (χ2v) is 7.51. The minimum absolute atomic E-state index is 0. The maximum absolute atomic E-state index is 12.1. The number of phenols is 1. The van der Waals surface area contributed by atoms with Crippen LogP contribution < -0.4 is 16.4 Å². The fourth-order valence-electron chi connectivity index (χ4n) is 3.78. The summed E-state index contributed by atoms with van der Waals surface area (Å²) in [4.78, 5) is 16.6. The monoisotopic (exact) mass is 402 g/mol. The Bertz CT molecular complexity index is 848. The Morgan fingerprint density at radius 3 is 2.75 bits per heavy atom. The number of aromatic hydroxyl groups is 1. The van der Waals surface area contributed by atoms with E-state index in [0.717, 1.165) is 49.9 Å². The van der Waals surface area contributed by atoms with Crippen molar-refractivity contribution in [1.29, 1.82) is 0 Å². The molecule has 6 nitrogen and oxygen atoms in total. The predicted octanol–water partition coefficient (Wildman–Crippen LogP) is 2.95. The number of amides is 1. The quantitative estimate of drug-likeness (QED) is 0.616. The van der Waals surface area contributed by atoms with Crippen LogP contribution in [0.4, 0.5) is 5.82 Å². The number of nitrogens with one attached hydrogen (secondary N) is 2. The molecule has 2 heterocycles. The van der Waals surface area contributed by atoms with Crippen molar-refractivity contribution in [2.45, 2.75) is 38.1 Å². The van der Waals surface area contributed by atoms with Crippen LogP contribution in [0.1, 0.15) is 42.7 Å². The summed E-state index contributed by atoms with van der Waals surface area (Å²) in [6.07, 6.45) is 4.13. The van der Waals surface area contributed by atoms with Gasteiger partial charge in [-0.15, -0.1) is 12.4 Å². The number of aromatic nitrogens is 1. The van der Waals surface area contributed by atoms with Crippen LogP contribution in [0, 0.1) is 5.92 Å². The summed E-state index contributed by atoms with van der Waals surface area (Å²) in [7, 11) is 0. The molecule has 1 unspecified atom stereocenters. The lowest BCUT2D eigenvalue weighted by atomic mass is 9.87. The van der Waals surface area contributed by atoms with Crippen molar-refractivity contribution in [3.8, 4) is 17.0 Å². The normalized spacial score (nSPS) is 18.9. The summed E-state index contributed by atoms with van der Waals surface area (Å²) in [5.74, 6) is 1.20. The van der Waals surface area contributed by atoms with Gasteiger partial charge in [0, 0.05) is 30.1 Å². The number of carbonyl (C=O) groups is 1. The van der Waals surface area contributed by atoms with Crippen molar-refractivity contribution in [2.24, 2.45) is 5.92 Å². The number of hydrogen-bond acceptors (Lipinski definition) is 5. The minimum atomic E-state index is 0. The molecule has 0 bridgehead atoms. The van der Waals surface area contributed by atoms with Crippen LogP contribution in [-0.2, 0) is 11.3 Å². The summed E-state index contributed by atoms with van der Waals surface area (Å²) >= 11 is 0. The second-order valence-electron chi connectivity index (χ2n) is 7.51. The van der Waals surface area contributed by atoms with Gasteiger partial charge in [0.05, 0.1) is 5.69 Å². The summed E-state index contributed by atoms with van der Waals surface area (Å²) in [6.45, 7) is 2.31.